The summed E-state index contributed by atoms with van der Waals surface area (Å²) in [5, 5.41) is 8.57. The quantitative estimate of drug-likeness (QED) is 0.820. The van der Waals surface area contributed by atoms with Crippen molar-refractivity contribution < 1.29 is 18.7 Å². The summed E-state index contributed by atoms with van der Waals surface area (Å²) in [6, 6.07) is 4.95. The summed E-state index contributed by atoms with van der Waals surface area (Å²) < 4.78 is 25.5. The van der Waals surface area contributed by atoms with Crippen molar-refractivity contribution in [3.63, 3.8) is 0 Å². The maximum atomic E-state index is 12.7. The third kappa shape index (κ3) is 2.24. The molecule has 0 radical (unpaired) electrons. The Balaban J connectivity index is 3.28. The number of alkyl halides is 3. The highest BCUT2D eigenvalue weighted by Gasteiger charge is 2.31. The zero-order valence-electron chi connectivity index (χ0n) is 6.30. The minimum absolute atomic E-state index is 0.399. The molecule has 1 rings (SSSR count). The number of hydrogen-bond donors (Lipinski definition) is 1. The van der Waals surface area contributed by atoms with E-state index in [2.05, 4.69) is 15.9 Å². The van der Waals surface area contributed by atoms with Gasteiger partial charge in [-0.05, 0) is 22.0 Å². The first-order valence-corrected chi connectivity index (χ1v) is 4.12. The van der Waals surface area contributed by atoms with Crippen LogP contribution in [0.3, 0.4) is 0 Å². The molecule has 0 aromatic heterocycles. The van der Waals surface area contributed by atoms with Crippen LogP contribution >= 0.6 is 15.9 Å². The van der Waals surface area contributed by atoms with Gasteiger partial charge in [0.2, 0.25) is 0 Å². The lowest BCUT2D eigenvalue weighted by Gasteiger charge is -2.10. The molecule has 0 spiro atoms. The van der Waals surface area contributed by atoms with E-state index in [0.29, 0.717) is 0 Å². The first kappa shape index (κ1) is 10.1. The molecule has 0 unspecified atom stereocenters. The molecule has 5 heteroatoms. The van der Waals surface area contributed by atoms with Crippen LogP contribution in [0.15, 0.2) is 24.3 Å². The zero-order chi connectivity index (χ0) is 10.1. The third-order valence-electron chi connectivity index (χ3n) is 1.46. The van der Waals surface area contributed by atoms with E-state index in [1.807, 2.05) is 0 Å². The number of benzene rings is 1. The summed E-state index contributed by atoms with van der Waals surface area (Å²) in [5.74, 6) is -1.37. The molecule has 0 amide bonds. The lowest BCUT2D eigenvalue weighted by atomic mass is 10.1. The van der Waals surface area contributed by atoms with E-state index in [0.717, 1.165) is 12.1 Å². The van der Waals surface area contributed by atoms with Crippen LogP contribution in [-0.2, 0) is 4.83 Å². The van der Waals surface area contributed by atoms with E-state index in [1.165, 1.54) is 12.1 Å². The Morgan fingerprint density at radius 3 is 2.31 bits per heavy atom. The molecule has 0 aliphatic rings. The fraction of sp³-hybridized carbons (Fsp3) is 0.125. The van der Waals surface area contributed by atoms with Gasteiger partial charge < -0.3 is 5.11 Å². The monoisotopic (exact) mass is 250 g/mol. The van der Waals surface area contributed by atoms with E-state index in [4.69, 9.17) is 5.11 Å². The van der Waals surface area contributed by atoms with E-state index in [1.54, 1.807) is 0 Å². The number of carboxylic acid groups (broad SMARTS) is 1. The first-order chi connectivity index (χ1) is 5.93. The summed E-state index contributed by atoms with van der Waals surface area (Å²) in [6.45, 7) is 0. The summed E-state index contributed by atoms with van der Waals surface area (Å²) in [5.41, 5.74) is -0.938. The molecule has 0 saturated carbocycles. The first-order valence-electron chi connectivity index (χ1n) is 3.32. The van der Waals surface area contributed by atoms with Gasteiger partial charge in [0.25, 0.3) is 0 Å². The van der Waals surface area contributed by atoms with E-state index in [-0.39, 0.29) is 0 Å². The van der Waals surface area contributed by atoms with E-state index < -0.39 is 21.9 Å². The minimum atomic E-state index is -3.30. The molecule has 2 nitrogen and oxygen atoms in total. The average Bonchev–Trinajstić information content (AvgIpc) is 2.03. The van der Waals surface area contributed by atoms with Crippen molar-refractivity contribution in [2.45, 2.75) is 4.83 Å². The van der Waals surface area contributed by atoms with Crippen LogP contribution in [0.5, 0.6) is 0 Å². The van der Waals surface area contributed by atoms with Crippen molar-refractivity contribution in [1.29, 1.82) is 0 Å². The Morgan fingerprint density at radius 2 is 1.92 bits per heavy atom. The van der Waals surface area contributed by atoms with Gasteiger partial charge in [-0.1, -0.05) is 18.2 Å². The number of hydrogen-bond acceptors (Lipinski definition) is 1. The minimum Gasteiger partial charge on any atom is -0.478 e. The maximum Gasteiger partial charge on any atom is 0.336 e. The number of aromatic carboxylic acids is 1. The fourth-order valence-corrected chi connectivity index (χ4v) is 1.26. The molecule has 0 atom stereocenters. The van der Waals surface area contributed by atoms with Crippen molar-refractivity contribution in [3.05, 3.63) is 35.4 Å². The SMILES string of the molecule is O=C(O)c1ccccc1C(F)(F)Br. The van der Waals surface area contributed by atoms with Gasteiger partial charge in [-0.3, -0.25) is 0 Å². The molecule has 70 valence electrons. The molecule has 13 heavy (non-hydrogen) atoms. The zero-order valence-corrected chi connectivity index (χ0v) is 7.88. The van der Waals surface area contributed by atoms with Crippen molar-refractivity contribution in [2.75, 3.05) is 0 Å². The number of carbonyl (C=O) groups is 1. The van der Waals surface area contributed by atoms with Crippen LogP contribution in [0.4, 0.5) is 8.78 Å². The molecule has 0 aliphatic heterocycles. The highest BCUT2D eigenvalue weighted by Crippen LogP contribution is 2.36. The Morgan fingerprint density at radius 1 is 1.38 bits per heavy atom. The largest absolute Gasteiger partial charge is 0.478 e. The van der Waals surface area contributed by atoms with Gasteiger partial charge in [-0.2, -0.15) is 8.78 Å². The third-order valence-corrected chi connectivity index (χ3v) is 1.89. The smallest absolute Gasteiger partial charge is 0.336 e. The second-order valence-electron chi connectivity index (χ2n) is 2.35. The molecule has 0 bridgehead atoms. The second kappa shape index (κ2) is 3.41. The van der Waals surface area contributed by atoms with Crippen LogP contribution in [0.1, 0.15) is 15.9 Å². The van der Waals surface area contributed by atoms with Gasteiger partial charge in [-0.25, -0.2) is 4.79 Å². The predicted octanol–water partition coefficient (Wildman–Crippen LogP) is 2.83. The number of rotatable bonds is 2. The van der Waals surface area contributed by atoms with Crippen molar-refractivity contribution >= 4 is 21.9 Å². The summed E-state index contributed by atoms with van der Waals surface area (Å²) >= 11 is 2.11. The highest BCUT2D eigenvalue weighted by molar-refractivity contribution is 9.09. The van der Waals surface area contributed by atoms with Crippen molar-refractivity contribution in [3.8, 4) is 0 Å². The Bertz CT molecular complexity index is 333. The second-order valence-corrected chi connectivity index (χ2v) is 3.34. The maximum absolute atomic E-state index is 12.7. The van der Waals surface area contributed by atoms with Gasteiger partial charge in [0.15, 0.2) is 0 Å². The number of halogens is 3. The van der Waals surface area contributed by atoms with Gasteiger partial charge >= 0.3 is 10.8 Å². The molecule has 0 fully saturated rings. The molecule has 0 heterocycles. The van der Waals surface area contributed by atoms with E-state index in [9.17, 15) is 13.6 Å². The van der Waals surface area contributed by atoms with Gasteiger partial charge in [0.1, 0.15) is 0 Å². The molecule has 1 N–H and O–H groups in total. The lowest BCUT2D eigenvalue weighted by Crippen LogP contribution is -2.10. The van der Waals surface area contributed by atoms with Crippen LogP contribution < -0.4 is 0 Å². The van der Waals surface area contributed by atoms with Gasteiger partial charge in [-0.15, -0.1) is 0 Å². The summed E-state index contributed by atoms with van der Waals surface area (Å²) in [6.07, 6.45) is 0. The molecular weight excluding hydrogens is 246 g/mol. The molecule has 0 aliphatic carbocycles. The topological polar surface area (TPSA) is 37.3 Å². The lowest BCUT2D eigenvalue weighted by molar-refractivity contribution is 0.0674. The highest BCUT2D eigenvalue weighted by atomic mass is 79.9. The predicted molar refractivity (Wildman–Crippen MR) is 46.2 cm³/mol. The van der Waals surface area contributed by atoms with Crippen molar-refractivity contribution in [2.24, 2.45) is 0 Å². The van der Waals surface area contributed by atoms with Crippen LogP contribution in [0, 0.1) is 0 Å². The van der Waals surface area contributed by atoms with E-state index >= 15 is 0 Å². The molecular formula is C8H5BrF2O2. The number of carboxylic acids is 1. The van der Waals surface area contributed by atoms with Gasteiger partial charge in [0.05, 0.1) is 5.56 Å². The normalized spacial score (nSPS) is 11.3. The standard InChI is InChI=1S/C8H5BrF2O2/c9-8(10,11)6-4-2-1-3-5(6)7(12)13/h1-4H,(H,12,13). The van der Waals surface area contributed by atoms with Crippen LogP contribution in [0.2, 0.25) is 0 Å². The Hall–Kier alpha value is -0.970. The summed E-state index contributed by atoms with van der Waals surface area (Å²) in [4.78, 5) is 7.21. The van der Waals surface area contributed by atoms with Gasteiger partial charge in [0, 0.05) is 5.56 Å². The van der Waals surface area contributed by atoms with Crippen LogP contribution in [0.25, 0.3) is 0 Å². The Labute approximate surface area is 81.3 Å². The van der Waals surface area contributed by atoms with Crippen molar-refractivity contribution in [1.82, 2.24) is 0 Å². The fourth-order valence-electron chi connectivity index (χ4n) is 0.917. The van der Waals surface area contributed by atoms with Crippen LogP contribution in [-0.4, -0.2) is 11.1 Å². The molecule has 1 aromatic rings. The molecule has 1 aromatic carbocycles. The average molecular weight is 251 g/mol. The Kier molecular flexibility index (Phi) is 2.66. The summed E-state index contributed by atoms with van der Waals surface area (Å²) in [7, 11) is 0. The molecule has 0 saturated heterocycles.